The van der Waals surface area contributed by atoms with Crippen LogP contribution in [0.15, 0.2) is 70.0 Å². The topological polar surface area (TPSA) is 76.8 Å². The molecule has 3 aromatic rings. The van der Waals surface area contributed by atoms with Gasteiger partial charge in [-0.1, -0.05) is 29.8 Å². The van der Waals surface area contributed by atoms with E-state index in [9.17, 15) is 14.4 Å². The van der Waals surface area contributed by atoms with Crippen molar-refractivity contribution in [2.24, 2.45) is 0 Å². The summed E-state index contributed by atoms with van der Waals surface area (Å²) in [5.41, 5.74) is 1.38. The fourth-order valence-electron chi connectivity index (χ4n) is 3.03. The number of halogens is 1. The lowest BCUT2D eigenvalue weighted by molar-refractivity contribution is -0.113. The van der Waals surface area contributed by atoms with E-state index in [1.54, 1.807) is 61.5 Å². The minimum absolute atomic E-state index is 0.238. The molecule has 2 heterocycles. The Morgan fingerprint density at radius 3 is 2.65 bits per heavy atom. The zero-order valence-corrected chi connectivity index (χ0v) is 17.9. The number of benzene rings is 2. The monoisotopic (exact) mass is 453 g/mol. The molecule has 0 radical (unpaired) electrons. The molecular weight excluding hydrogens is 438 g/mol. The van der Waals surface area contributed by atoms with Gasteiger partial charge >= 0.3 is 5.97 Å². The molecule has 1 saturated heterocycles. The van der Waals surface area contributed by atoms with Crippen LogP contribution >= 0.6 is 23.4 Å². The van der Waals surface area contributed by atoms with Gasteiger partial charge in [-0.25, -0.2) is 9.69 Å². The van der Waals surface area contributed by atoms with Crippen LogP contribution in [0.3, 0.4) is 0 Å². The summed E-state index contributed by atoms with van der Waals surface area (Å²) < 4.78 is 10.8. The molecule has 1 aliphatic rings. The molecule has 0 unspecified atom stereocenters. The molecule has 1 aromatic heterocycles. The Kier molecular flexibility index (Phi) is 5.97. The van der Waals surface area contributed by atoms with E-state index in [2.05, 4.69) is 0 Å². The maximum absolute atomic E-state index is 12.7. The molecule has 0 bridgehead atoms. The molecule has 0 atom stereocenters. The largest absolute Gasteiger partial charge is 0.462 e. The number of hydrogen-bond acceptors (Lipinski definition) is 6. The van der Waals surface area contributed by atoms with Crippen LogP contribution in [0.2, 0.25) is 5.02 Å². The van der Waals surface area contributed by atoms with Gasteiger partial charge in [0.25, 0.3) is 11.1 Å². The highest BCUT2D eigenvalue weighted by Crippen LogP contribution is 2.36. The van der Waals surface area contributed by atoms with Crippen LogP contribution in [-0.4, -0.2) is 23.7 Å². The second-order valence-corrected chi connectivity index (χ2v) is 7.87. The number of rotatable bonds is 5. The van der Waals surface area contributed by atoms with Gasteiger partial charge in [-0.3, -0.25) is 9.59 Å². The lowest BCUT2D eigenvalue weighted by Crippen LogP contribution is -2.27. The van der Waals surface area contributed by atoms with E-state index in [4.69, 9.17) is 20.8 Å². The smallest absolute Gasteiger partial charge is 0.339 e. The van der Waals surface area contributed by atoms with Crippen LogP contribution in [0.1, 0.15) is 23.0 Å². The summed E-state index contributed by atoms with van der Waals surface area (Å²) in [6.07, 6.45) is 1.53. The Labute approximate surface area is 187 Å². The van der Waals surface area contributed by atoms with Crippen molar-refractivity contribution in [2.75, 3.05) is 11.5 Å². The molecule has 0 aliphatic carbocycles. The SMILES string of the molecule is CCOC(=O)c1cc(-c2ccc(/C=C3\SC(=O)N(c4ccccc4)C3=O)o2)ccc1Cl. The maximum atomic E-state index is 12.7. The van der Waals surface area contributed by atoms with Crippen LogP contribution in [0.25, 0.3) is 17.4 Å². The summed E-state index contributed by atoms with van der Waals surface area (Å²) in [5, 5.41) is -0.0884. The molecule has 0 N–H and O–H groups in total. The lowest BCUT2D eigenvalue weighted by atomic mass is 10.1. The van der Waals surface area contributed by atoms with Gasteiger partial charge in [0, 0.05) is 11.6 Å². The number of para-hydroxylation sites is 1. The third kappa shape index (κ3) is 4.28. The summed E-state index contributed by atoms with van der Waals surface area (Å²) in [5.74, 6) is -0.0390. The molecule has 156 valence electrons. The van der Waals surface area contributed by atoms with Gasteiger partial charge in [0.2, 0.25) is 0 Å². The predicted molar refractivity (Wildman–Crippen MR) is 120 cm³/mol. The highest BCUT2D eigenvalue weighted by Gasteiger charge is 2.36. The Balaban J connectivity index is 1.59. The van der Waals surface area contributed by atoms with Crippen molar-refractivity contribution in [2.45, 2.75) is 6.92 Å². The number of nitrogens with zero attached hydrogens (tertiary/aromatic N) is 1. The highest BCUT2D eigenvalue weighted by atomic mass is 35.5. The van der Waals surface area contributed by atoms with E-state index in [1.165, 1.54) is 6.08 Å². The van der Waals surface area contributed by atoms with Crippen molar-refractivity contribution in [1.82, 2.24) is 0 Å². The number of furan rings is 1. The molecule has 2 amide bonds. The van der Waals surface area contributed by atoms with Crippen LogP contribution in [0.5, 0.6) is 0 Å². The molecule has 0 saturated carbocycles. The van der Waals surface area contributed by atoms with E-state index in [-0.39, 0.29) is 27.3 Å². The number of carbonyl (C=O) groups excluding carboxylic acids is 3. The first-order valence-corrected chi connectivity index (χ1v) is 10.6. The summed E-state index contributed by atoms with van der Waals surface area (Å²) >= 11 is 6.96. The maximum Gasteiger partial charge on any atom is 0.339 e. The molecular formula is C23H16ClNO5S. The Hall–Kier alpha value is -3.29. The van der Waals surface area contributed by atoms with Crippen molar-refractivity contribution in [3.8, 4) is 11.3 Å². The minimum atomic E-state index is -0.518. The van der Waals surface area contributed by atoms with E-state index in [0.29, 0.717) is 22.8 Å². The van der Waals surface area contributed by atoms with E-state index < -0.39 is 11.9 Å². The molecule has 8 heteroatoms. The van der Waals surface area contributed by atoms with Gasteiger partial charge in [-0.2, -0.15) is 0 Å². The first kappa shape index (κ1) is 21.0. The van der Waals surface area contributed by atoms with Crippen molar-refractivity contribution in [3.63, 3.8) is 0 Å². The van der Waals surface area contributed by atoms with Crippen molar-refractivity contribution in [1.29, 1.82) is 0 Å². The van der Waals surface area contributed by atoms with Crippen LogP contribution in [0, 0.1) is 0 Å². The van der Waals surface area contributed by atoms with Gasteiger partial charge in [0.15, 0.2) is 0 Å². The fraction of sp³-hybridized carbons (Fsp3) is 0.0870. The first-order valence-electron chi connectivity index (χ1n) is 9.38. The average molecular weight is 454 g/mol. The number of carbonyl (C=O) groups is 3. The van der Waals surface area contributed by atoms with Crippen molar-refractivity contribution >= 4 is 52.2 Å². The van der Waals surface area contributed by atoms with Crippen LogP contribution in [-0.2, 0) is 9.53 Å². The molecule has 4 rings (SSSR count). The third-order valence-corrected chi connectivity index (χ3v) is 5.65. The third-order valence-electron chi connectivity index (χ3n) is 4.45. The second-order valence-electron chi connectivity index (χ2n) is 6.47. The molecule has 1 fully saturated rings. The number of imide groups is 1. The van der Waals surface area contributed by atoms with Crippen molar-refractivity contribution < 1.29 is 23.5 Å². The van der Waals surface area contributed by atoms with Gasteiger partial charge in [-0.05, 0) is 61.2 Å². The molecule has 2 aromatic carbocycles. The first-order chi connectivity index (χ1) is 15.0. The number of hydrogen-bond donors (Lipinski definition) is 0. The second kappa shape index (κ2) is 8.83. The fourth-order valence-corrected chi connectivity index (χ4v) is 4.04. The van der Waals surface area contributed by atoms with Crippen LogP contribution < -0.4 is 4.90 Å². The number of amides is 2. The Morgan fingerprint density at radius 2 is 1.90 bits per heavy atom. The number of esters is 1. The minimum Gasteiger partial charge on any atom is -0.462 e. The number of anilines is 1. The zero-order valence-electron chi connectivity index (χ0n) is 16.3. The summed E-state index contributed by atoms with van der Waals surface area (Å²) in [6, 6.07) is 17.0. The normalized spacial score (nSPS) is 15.0. The molecule has 31 heavy (non-hydrogen) atoms. The Morgan fingerprint density at radius 1 is 1.13 bits per heavy atom. The van der Waals surface area contributed by atoms with Crippen molar-refractivity contribution in [3.05, 3.63) is 81.9 Å². The van der Waals surface area contributed by atoms with E-state index in [0.717, 1.165) is 16.7 Å². The average Bonchev–Trinajstić information content (AvgIpc) is 3.33. The molecule has 0 spiro atoms. The van der Waals surface area contributed by atoms with Gasteiger partial charge in [0.1, 0.15) is 11.5 Å². The highest BCUT2D eigenvalue weighted by molar-refractivity contribution is 8.19. The van der Waals surface area contributed by atoms with Crippen LogP contribution in [0.4, 0.5) is 10.5 Å². The summed E-state index contributed by atoms with van der Waals surface area (Å²) in [4.78, 5) is 38.5. The van der Waals surface area contributed by atoms with E-state index in [1.807, 2.05) is 6.07 Å². The summed E-state index contributed by atoms with van der Waals surface area (Å²) in [6.45, 7) is 1.95. The number of thioether (sulfide) groups is 1. The van der Waals surface area contributed by atoms with E-state index >= 15 is 0 Å². The van der Waals surface area contributed by atoms with Gasteiger partial charge in [-0.15, -0.1) is 0 Å². The zero-order chi connectivity index (χ0) is 22.0. The Bertz CT molecular complexity index is 1200. The number of ether oxygens (including phenoxy) is 1. The molecule has 6 nitrogen and oxygen atoms in total. The predicted octanol–water partition coefficient (Wildman–Crippen LogP) is 6.02. The van der Waals surface area contributed by atoms with Gasteiger partial charge < -0.3 is 9.15 Å². The molecule has 1 aliphatic heterocycles. The quantitative estimate of drug-likeness (QED) is 0.347. The summed E-state index contributed by atoms with van der Waals surface area (Å²) in [7, 11) is 0. The van der Waals surface area contributed by atoms with Gasteiger partial charge in [0.05, 0.1) is 27.8 Å². The lowest BCUT2D eigenvalue weighted by Gasteiger charge is -2.11. The standard InChI is InChI=1S/C23H16ClNO5S/c1-2-29-22(27)17-12-14(8-10-18(17)24)19-11-9-16(30-19)13-20-21(26)25(23(28)31-20)15-6-4-3-5-7-15/h3-13H,2H2,1H3/b20-13-.